The van der Waals surface area contributed by atoms with Crippen molar-refractivity contribution >= 4 is 18.4 Å². The molecule has 1 aliphatic heterocycles. The molecule has 15 heavy (non-hydrogen) atoms. The van der Waals surface area contributed by atoms with Crippen LogP contribution in [0.3, 0.4) is 0 Å². The number of rotatable bonds is 4. The predicted octanol–water partition coefficient (Wildman–Crippen LogP) is 1.89. The lowest BCUT2D eigenvalue weighted by Crippen LogP contribution is -2.35. The topological polar surface area (TPSA) is 38.3 Å². The van der Waals surface area contributed by atoms with E-state index in [1.807, 2.05) is 0 Å². The van der Waals surface area contributed by atoms with Crippen LogP contribution < -0.4 is 5.32 Å². The molecular formula is C11H20ClNO2. The highest BCUT2D eigenvalue weighted by atomic mass is 35.5. The molecule has 0 aromatic heterocycles. The lowest BCUT2D eigenvalue weighted by atomic mass is 10.0. The van der Waals surface area contributed by atoms with Crippen molar-refractivity contribution in [3.8, 4) is 0 Å². The van der Waals surface area contributed by atoms with Gasteiger partial charge in [-0.15, -0.1) is 12.4 Å². The Hall–Kier alpha value is -0.280. The first-order valence-electron chi connectivity index (χ1n) is 5.76. The van der Waals surface area contributed by atoms with Gasteiger partial charge in [-0.1, -0.05) is 6.42 Å². The third kappa shape index (κ3) is 4.39. The first-order valence-corrected chi connectivity index (χ1v) is 5.76. The van der Waals surface area contributed by atoms with Crippen LogP contribution in [0.25, 0.3) is 0 Å². The molecule has 1 saturated heterocycles. The Morgan fingerprint density at radius 1 is 1.27 bits per heavy atom. The van der Waals surface area contributed by atoms with Crippen LogP contribution in [0, 0.1) is 5.92 Å². The summed E-state index contributed by atoms with van der Waals surface area (Å²) in [7, 11) is 0. The Labute approximate surface area is 97.4 Å². The van der Waals surface area contributed by atoms with Crippen molar-refractivity contribution in [2.24, 2.45) is 5.92 Å². The second-order valence-corrected chi connectivity index (χ2v) is 4.38. The molecule has 2 rings (SSSR count). The van der Waals surface area contributed by atoms with E-state index in [9.17, 15) is 4.79 Å². The quantitative estimate of drug-likeness (QED) is 0.754. The van der Waals surface area contributed by atoms with Crippen molar-refractivity contribution in [3.63, 3.8) is 0 Å². The standard InChI is InChI=1S/C11H19NO2.ClH/c13-11(9-4-5-9)14-8-6-10-3-1-2-7-12-10;/h9-10,12H,1-8H2;1H. The van der Waals surface area contributed by atoms with Crippen LogP contribution in [0.5, 0.6) is 0 Å². The van der Waals surface area contributed by atoms with Crippen molar-refractivity contribution in [1.29, 1.82) is 0 Å². The van der Waals surface area contributed by atoms with Crippen LogP contribution >= 0.6 is 12.4 Å². The Bertz CT molecular complexity index is 201. The summed E-state index contributed by atoms with van der Waals surface area (Å²) in [5, 5.41) is 3.45. The highest BCUT2D eigenvalue weighted by Crippen LogP contribution is 2.30. The molecule has 0 radical (unpaired) electrons. The van der Waals surface area contributed by atoms with E-state index < -0.39 is 0 Å². The summed E-state index contributed by atoms with van der Waals surface area (Å²) in [6, 6.07) is 0.579. The van der Waals surface area contributed by atoms with Gasteiger partial charge in [0.15, 0.2) is 0 Å². The summed E-state index contributed by atoms with van der Waals surface area (Å²) in [6.07, 6.45) is 6.91. The maximum Gasteiger partial charge on any atom is 0.308 e. The molecule has 2 aliphatic rings. The van der Waals surface area contributed by atoms with Gasteiger partial charge in [-0.25, -0.2) is 0 Å². The minimum atomic E-state index is 0. The maximum absolute atomic E-state index is 11.2. The number of halogens is 1. The third-order valence-electron chi connectivity index (χ3n) is 3.03. The van der Waals surface area contributed by atoms with Crippen LogP contribution in [0.2, 0.25) is 0 Å². The van der Waals surface area contributed by atoms with Crippen LogP contribution in [0.15, 0.2) is 0 Å². The molecule has 0 spiro atoms. The SMILES string of the molecule is Cl.O=C(OCCC1CCCCN1)C1CC1. The van der Waals surface area contributed by atoms with E-state index in [2.05, 4.69) is 5.32 Å². The smallest absolute Gasteiger partial charge is 0.308 e. The predicted molar refractivity (Wildman–Crippen MR) is 61.2 cm³/mol. The molecule has 1 aliphatic carbocycles. The minimum Gasteiger partial charge on any atom is -0.465 e. The van der Waals surface area contributed by atoms with Crippen molar-refractivity contribution in [1.82, 2.24) is 5.32 Å². The molecule has 1 atom stereocenters. The van der Waals surface area contributed by atoms with E-state index in [4.69, 9.17) is 4.74 Å². The average molecular weight is 234 g/mol. The summed E-state index contributed by atoms with van der Waals surface area (Å²) >= 11 is 0. The van der Waals surface area contributed by atoms with Crippen molar-refractivity contribution in [2.45, 2.75) is 44.6 Å². The lowest BCUT2D eigenvalue weighted by Gasteiger charge is -2.23. The van der Waals surface area contributed by atoms with Crippen molar-refractivity contribution in [3.05, 3.63) is 0 Å². The lowest BCUT2D eigenvalue weighted by molar-refractivity contribution is -0.145. The zero-order valence-electron chi connectivity index (χ0n) is 9.04. The molecule has 88 valence electrons. The molecular weight excluding hydrogens is 214 g/mol. The number of hydrogen-bond acceptors (Lipinski definition) is 3. The van der Waals surface area contributed by atoms with E-state index >= 15 is 0 Å². The number of esters is 1. The van der Waals surface area contributed by atoms with Crippen LogP contribution in [-0.4, -0.2) is 25.2 Å². The summed E-state index contributed by atoms with van der Waals surface area (Å²) in [5.41, 5.74) is 0. The molecule has 0 amide bonds. The van der Waals surface area contributed by atoms with Gasteiger partial charge in [-0.05, 0) is 38.6 Å². The third-order valence-corrected chi connectivity index (χ3v) is 3.03. The number of ether oxygens (including phenoxy) is 1. The Morgan fingerprint density at radius 3 is 2.67 bits per heavy atom. The molecule has 4 heteroatoms. The summed E-state index contributed by atoms with van der Waals surface area (Å²) in [6.45, 7) is 1.73. The molecule has 0 aromatic rings. The highest BCUT2D eigenvalue weighted by molar-refractivity contribution is 5.85. The molecule has 3 nitrogen and oxygen atoms in total. The first-order chi connectivity index (χ1) is 6.86. The molecule has 2 fully saturated rings. The van der Waals surface area contributed by atoms with Crippen LogP contribution in [-0.2, 0) is 9.53 Å². The second-order valence-electron chi connectivity index (χ2n) is 4.38. The minimum absolute atomic E-state index is 0. The molecule has 1 saturated carbocycles. The molecule has 1 N–H and O–H groups in total. The number of carbonyl (C=O) groups excluding carboxylic acids is 1. The summed E-state index contributed by atoms with van der Waals surface area (Å²) in [4.78, 5) is 11.2. The summed E-state index contributed by atoms with van der Waals surface area (Å²) < 4.78 is 5.19. The van der Waals surface area contributed by atoms with Gasteiger partial charge in [0.1, 0.15) is 0 Å². The van der Waals surface area contributed by atoms with Gasteiger partial charge < -0.3 is 10.1 Å². The van der Waals surface area contributed by atoms with Crippen LogP contribution in [0.4, 0.5) is 0 Å². The largest absolute Gasteiger partial charge is 0.465 e. The number of carbonyl (C=O) groups is 1. The van der Waals surface area contributed by atoms with E-state index in [1.54, 1.807) is 0 Å². The molecule has 0 aromatic carbocycles. The van der Waals surface area contributed by atoms with E-state index in [0.29, 0.717) is 12.6 Å². The van der Waals surface area contributed by atoms with Gasteiger partial charge in [0.25, 0.3) is 0 Å². The Balaban J connectivity index is 0.00000112. The van der Waals surface area contributed by atoms with Crippen molar-refractivity contribution < 1.29 is 9.53 Å². The van der Waals surface area contributed by atoms with E-state index in [0.717, 1.165) is 25.8 Å². The van der Waals surface area contributed by atoms with Gasteiger partial charge in [0.2, 0.25) is 0 Å². The van der Waals surface area contributed by atoms with Gasteiger partial charge >= 0.3 is 5.97 Å². The second kappa shape index (κ2) is 6.33. The molecule has 1 heterocycles. The van der Waals surface area contributed by atoms with Crippen LogP contribution in [0.1, 0.15) is 38.5 Å². The Morgan fingerprint density at radius 2 is 2.07 bits per heavy atom. The van der Waals surface area contributed by atoms with E-state index in [1.165, 1.54) is 19.3 Å². The maximum atomic E-state index is 11.2. The van der Waals surface area contributed by atoms with Gasteiger partial charge in [0, 0.05) is 6.04 Å². The van der Waals surface area contributed by atoms with Gasteiger partial charge in [-0.3, -0.25) is 4.79 Å². The van der Waals surface area contributed by atoms with E-state index in [-0.39, 0.29) is 24.3 Å². The highest BCUT2D eigenvalue weighted by Gasteiger charge is 2.31. The zero-order valence-corrected chi connectivity index (χ0v) is 9.85. The van der Waals surface area contributed by atoms with Gasteiger partial charge in [0.05, 0.1) is 12.5 Å². The van der Waals surface area contributed by atoms with Gasteiger partial charge in [-0.2, -0.15) is 0 Å². The fourth-order valence-corrected chi connectivity index (χ4v) is 1.91. The number of nitrogens with one attached hydrogen (secondary N) is 1. The fraction of sp³-hybridized carbons (Fsp3) is 0.909. The monoisotopic (exact) mass is 233 g/mol. The average Bonchev–Trinajstić information content (AvgIpc) is 3.02. The normalized spacial score (nSPS) is 25.5. The zero-order chi connectivity index (χ0) is 9.80. The first kappa shape index (κ1) is 12.8. The number of piperidine rings is 1. The fourth-order valence-electron chi connectivity index (χ4n) is 1.91. The molecule has 1 unspecified atom stereocenters. The molecule has 0 bridgehead atoms. The van der Waals surface area contributed by atoms with Crippen molar-refractivity contribution in [2.75, 3.05) is 13.2 Å². The Kier molecular flexibility index (Phi) is 5.40. The number of hydrogen-bond donors (Lipinski definition) is 1. The summed E-state index contributed by atoms with van der Waals surface area (Å²) in [5.74, 6) is 0.273.